The lowest BCUT2D eigenvalue weighted by Gasteiger charge is -2.27. The van der Waals surface area contributed by atoms with E-state index in [-0.39, 0.29) is 11.2 Å². The third-order valence-corrected chi connectivity index (χ3v) is 4.81. The zero-order valence-corrected chi connectivity index (χ0v) is 17.3. The maximum atomic E-state index is 12.2. The second kappa shape index (κ2) is 8.23. The van der Waals surface area contributed by atoms with Crippen LogP contribution in [0.3, 0.4) is 0 Å². The number of carbonyl (C=O) groups excluding carboxylic acids is 2. The van der Waals surface area contributed by atoms with Crippen LogP contribution in [0.25, 0.3) is 10.8 Å². The van der Waals surface area contributed by atoms with Gasteiger partial charge in [-0.15, -0.1) is 0 Å². The van der Waals surface area contributed by atoms with Crippen LogP contribution in [-0.2, 0) is 4.74 Å². The SMILES string of the molecule is CC(=O)c1ccc2ccc(OC(=O)OC(/C=C/Cl)C(C)(C)C)c(Br)c2c1. The lowest BCUT2D eigenvalue weighted by Crippen LogP contribution is -2.31. The lowest BCUT2D eigenvalue weighted by atomic mass is 9.89. The largest absolute Gasteiger partial charge is 0.514 e. The Bertz CT molecular complexity index is 868. The summed E-state index contributed by atoms with van der Waals surface area (Å²) in [7, 11) is 0. The summed E-state index contributed by atoms with van der Waals surface area (Å²) in [6.45, 7) is 7.29. The van der Waals surface area contributed by atoms with Crippen molar-refractivity contribution in [2.45, 2.75) is 33.8 Å². The second-order valence-corrected chi connectivity index (χ2v) is 7.99. The average molecular weight is 440 g/mol. The first-order valence-electron chi connectivity index (χ1n) is 8.02. The van der Waals surface area contributed by atoms with E-state index >= 15 is 0 Å². The Morgan fingerprint density at radius 3 is 2.42 bits per heavy atom. The molecule has 0 radical (unpaired) electrons. The van der Waals surface area contributed by atoms with Crippen molar-refractivity contribution in [3.8, 4) is 5.75 Å². The molecule has 0 amide bonds. The Hall–Kier alpha value is -1.85. The predicted molar refractivity (Wildman–Crippen MR) is 107 cm³/mol. The number of ketones is 1. The van der Waals surface area contributed by atoms with E-state index < -0.39 is 12.3 Å². The highest BCUT2D eigenvalue weighted by atomic mass is 79.9. The highest BCUT2D eigenvalue weighted by molar-refractivity contribution is 9.10. The molecule has 1 unspecified atom stereocenters. The summed E-state index contributed by atoms with van der Waals surface area (Å²) in [5, 5.41) is 1.69. The summed E-state index contributed by atoms with van der Waals surface area (Å²) in [5.41, 5.74) is 1.57. The van der Waals surface area contributed by atoms with E-state index in [1.165, 1.54) is 12.5 Å². The molecule has 138 valence electrons. The van der Waals surface area contributed by atoms with Crippen LogP contribution in [0, 0.1) is 5.41 Å². The fourth-order valence-corrected chi connectivity index (χ4v) is 3.04. The number of benzene rings is 2. The third kappa shape index (κ3) is 4.86. The van der Waals surface area contributed by atoms with Crippen molar-refractivity contribution in [2.24, 2.45) is 5.41 Å². The molecule has 0 fully saturated rings. The van der Waals surface area contributed by atoms with Crippen LogP contribution in [0.4, 0.5) is 4.79 Å². The Kier molecular flexibility index (Phi) is 6.48. The normalized spacial score (nSPS) is 13.0. The molecule has 0 saturated carbocycles. The Morgan fingerprint density at radius 1 is 1.19 bits per heavy atom. The maximum Gasteiger partial charge on any atom is 0.514 e. The monoisotopic (exact) mass is 438 g/mol. The van der Waals surface area contributed by atoms with Crippen molar-refractivity contribution in [2.75, 3.05) is 0 Å². The molecule has 0 spiro atoms. The molecule has 0 aliphatic rings. The minimum absolute atomic E-state index is 0.0367. The topological polar surface area (TPSA) is 52.6 Å². The fraction of sp³-hybridized carbons (Fsp3) is 0.300. The summed E-state index contributed by atoms with van der Waals surface area (Å²) in [5.74, 6) is 0.274. The maximum absolute atomic E-state index is 12.2. The molecule has 2 rings (SSSR count). The van der Waals surface area contributed by atoms with Crippen molar-refractivity contribution >= 4 is 50.2 Å². The molecule has 0 aliphatic carbocycles. The number of ether oxygens (including phenoxy) is 2. The van der Waals surface area contributed by atoms with Crippen molar-refractivity contribution in [3.63, 3.8) is 0 Å². The molecule has 0 N–H and O–H groups in total. The molecule has 4 nitrogen and oxygen atoms in total. The number of hydrogen-bond acceptors (Lipinski definition) is 4. The molecule has 0 saturated heterocycles. The van der Waals surface area contributed by atoms with Crippen molar-refractivity contribution in [1.82, 2.24) is 0 Å². The smallest absolute Gasteiger partial charge is 0.426 e. The zero-order valence-electron chi connectivity index (χ0n) is 15.0. The van der Waals surface area contributed by atoms with Crippen LogP contribution in [0.1, 0.15) is 38.1 Å². The first-order chi connectivity index (χ1) is 12.1. The van der Waals surface area contributed by atoms with E-state index in [1.54, 1.807) is 24.3 Å². The zero-order chi connectivity index (χ0) is 19.5. The van der Waals surface area contributed by atoms with Crippen molar-refractivity contribution in [3.05, 3.63) is 52.0 Å². The van der Waals surface area contributed by atoms with E-state index in [1.807, 2.05) is 32.9 Å². The molecule has 0 bridgehead atoms. The summed E-state index contributed by atoms with van der Waals surface area (Å²) in [4.78, 5) is 23.8. The summed E-state index contributed by atoms with van der Waals surface area (Å²) in [6, 6.07) is 8.85. The van der Waals surface area contributed by atoms with Gasteiger partial charge in [0.25, 0.3) is 0 Å². The molecule has 2 aromatic carbocycles. The van der Waals surface area contributed by atoms with Gasteiger partial charge in [0.15, 0.2) is 5.78 Å². The Morgan fingerprint density at radius 2 is 1.85 bits per heavy atom. The van der Waals surface area contributed by atoms with Gasteiger partial charge >= 0.3 is 6.16 Å². The van der Waals surface area contributed by atoms with Crippen LogP contribution in [-0.4, -0.2) is 18.0 Å². The van der Waals surface area contributed by atoms with Gasteiger partial charge in [0.05, 0.1) is 4.47 Å². The van der Waals surface area contributed by atoms with Gasteiger partial charge in [0.2, 0.25) is 0 Å². The van der Waals surface area contributed by atoms with E-state index in [0.29, 0.717) is 15.8 Å². The molecule has 6 heteroatoms. The Balaban J connectivity index is 2.28. The van der Waals surface area contributed by atoms with Gasteiger partial charge in [-0.3, -0.25) is 4.79 Å². The molecule has 2 aromatic rings. The highest BCUT2D eigenvalue weighted by Gasteiger charge is 2.27. The first kappa shape index (κ1) is 20.5. The minimum Gasteiger partial charge on any atom is -0.426 e. The quantitative estimate of drug-likeness (QED) is 0.310. The van der Waals surface area contributed by atoms with Gasteiger partial charge < -0.3 is 9.47 Å². The third-order valence-electron chi connectivity index (χ3n) is 3.84. The Labute approximate surface area is 166 Å². The molecule has 1 atom stereocenters. The molecule has 0 aromatic heterocycles. The van der Waals surface area contributed by atoms with E-state index in [2.05, 4.69) is 15.9 Å². The van der Waals surface area contributed by atoms with E-state index in [9.17, 15) is 9.59 Å². The van der Waals surface area contributed by atoms with Crippen LogP contribution in [0.5, 0.6) is 5.75 Å². The standard InChI is InChI=1S/C20H20BrClO4/c1-12(23)14-6-5-13-7-8-16(18(21)15(13)11-14)25-19(24)26-17(9-10-22)20(2,3)4/h5-11,17H,1-4H3/b10-9+. The van der Waals surface area contributed by atoms with Gasteiger partial charge in [-0.25, -0.2) is 4.79 Å². The number of carbonyl (C=O) groups is 2. The van der Waals surface area contributed by atoms with Crippen molar-refractivity contribution in [1.29, 1.82) is 0 Å². The fourth-order valence-electron chi connectivity index (χ4n) is 2.35. The molecule has 0 aliphatic heterocycles. The molecule has 0 heterocycles. The minimum atomic E-state index is -0.831. The van der Waals surface area contributed by atoms with E-state index in [4.69, 9.17) is 21.1 Å². The van der Waals surface area contributed by atoms with Crippen LogP contribution in [0.15, 0.2) is 46.4 Å². The average Bonchev–Trinajstić information content (AvgIpc) is 2.56. The predicted octanol–water partition coefficient (Wildman–Crippen LogP) is 6.49. The molecule has 26 heavy (non-hydrogen) atoms. The van der Waals surface area contributed by atoms with Crippen LogP contribution < -0.4 is 4.74 Å². The van der Waals surface area contributed by atoms with Gasteiger partial charge in [-0.05, 0) is 46.4 Å². The number of Topliss-reactive ketones (excluding diaryl/α,β-unsaturated/α-hetero) is 1. The number of halogens is 2. The summed E-state index contributed by atoms with van der Waals surface area (Å²) >= 11 is 9.08. The van der Waals surface area contributed by atoms with Gasteiger partial charge in [-0.1, -0.05) is 50.6 Å². The summed E-state index contributed by atoms with van der Waals surface area (Å²) < 4.78 is 11.3. The van der Waals surface area contributed by atoms with Crippen LogP contribution in [0.2, 0.25) is 0 Å². The molecular weight excluding hydrogens is 420 g/mol. The van der Waals surface area contributed by atoms with Crippen LogP contribution >= 0.6 is 27.5 Å². The number of hydrogen-bond donors (Lipinski definition) is 0. The second-order valence-electron chi connectivity index (χ2n) is 6.94. The number of fused-ring (bicyclic) bond motifs is 1. The van der Waals surface area contributed by atoms with Gasteiger partial charge in [0, 0.05) is 21.9 Å². The van der Waals surface area contributed by atoms with Crippen molar-refractivity contribution < 1.29 is 19.1 Å². The number of rotatable bonds is 4. The highest BCUT2D eigenvalue weighted by Crippen LogP contribution is 2.34. The van der Waals surface area contributed by atoms with Gasteiger partial charge in [0.1, 0.15) is 11.9 Å². The van der Waals surface area contributed by atoms with E-state index in [0.717, 1.165) is 10.8 Å². The summed E-state index contributed by atoms with van der Waals surface area (Å²) in [6.07, 6.45) is 0.232. The van der Waals surface area contributed by atoms with Gasteiger partial charge in [-0.2, -0.15) is 0 Å². The first-order valence-corrected chi connectivity index (χ1v) is 9.25. The molecular formula is C20H20BrClO4. The lowest BCUT2D eigenvalue weighted by molar-refractivity contribution is 0.0312.